The van der Waals surface area contributed by atoms with Crippen molar-refractivity contribution in [2.45, 2.75) is 12.8 Å². The zero-order valence-electron chi connectivity index (χ0n) is 12.6. The molecule has 0 unspecified atom stereocenters. The van der Waals surface area contributed by atoms with Crippen molar-refractivity contribution in [1.29, 1.82) is 0 Å². The van der Waals surface area contributed by atoms with Gasteiger partial charge in [0, 0.05) is 30.0 Å². The number of carbonyl (C=O) groups excluding carboxylic acids is 3. The zero-order valence-corrected chi connectivity index (χ0v) is 14.2. The van der Waals surface area contributed by atoms with E-state index >= 15 is 0 Å². The van der Waals surface area contributed by atoms with Gasteiger partial charge in [0.2, 0.25) is 5.91 Å². The fourth-order valence-electron chi connectivity index (χ4n) is 2.24. The van der Waals surface area contributed by atoms with Crippen LogP contribution in [0.4, 0.5) is 0 Å². The Balaban J connectivity index is 1.69. The summed E-state index contributed by atoms with van der Waals surface area (Å²) in [6.07, 6.45) is 0.438. The van der Waals surface area contributed by atoms with Gasteiger partial charge in [-0.25, -0.2) is 5.01 Å². The van der Waals surface area contributed by atoms with E-state index in [-0.39, 0.29) is 24.5 Å². The summed E-state index contributed by atoms with van der Waals surface area (Å²) < 4.78 is 0.885. The van der Waals surface area contributed by atoms with Gasteiger partial charge in [-0.3, -0.25) is 25.2 Å². The van der Waals surface area contributed by atoms with Gasteiger partial charge in [0.25, 0.3) is 11.8 Å². The maximum Gasteiger partial charge on any atom is 0.285 e. The van der Waals surface area contributed by atoms with E-state index in [1.54, 1.807) is 0 Å². The Bertz CT molecular complexity index is 877. The summed E-state index contributed by atoms with van der Waals surface area (Å²) in [6.45, 7) is 0. The molecule has 3 amide bonds. The molecule has 0 radical (unpaired) electrons. The van der Waals surface area contributed by atoms with Crippen LogP contribution in [-0.4, -0.2) is 35.5 Å². The van der Waals surface area contributed by atoms with Crippen molar-refractivity contribution < 1.29 is 14.4 Å². The molecule has 0 aliphatic carbocycles. The molecule has 0 saturated carbocycles. The van der Waals surface area contributed by atoms with Crippen LogP contribution in [0.1, 0.15) is 22.5 Å². The standard InChI is InChI=1S/C15H13ClN4O3S/c1-20-11(21)7-6-9(19-20)14(22)17-18-15(23)13-12(16)8-4-2-3-5-10(8)24-13/h2-5H,6-7H2,1H3,(H,17,22)(H,18,23). The summed E-state index contributed by atoms with van der Waals surface area (Å²) in [5, 5.41) is 6.13. The van der Waals surface area contributed by atoms with Crippen LogP contribution in [0.15, 0.2) is 29.4 Å². The monoisotopic (exact) mass is 364 g/mol. The Morgan fingerprint density at radius 1 is 1.21 bits per heavy atom. The van der Waals surface area contributed by atoms with Crippen LogP contribution in [0.25, 0.3) is 10.1 Å². The summed E-state index contributed by atoms with van der Waals surface area (Å²) in [6, 6.07) is 7.39. The van der Waals surface area contributed by atoms with Crippen LogP contribution in [-0.2, 0) is 9.59 Å². The molecule has 0 bridgehead atoms. The van der Waals surface area contributed by atoms with Crippen LogP contribution < -0.4 is 10.9 Å². The molecule has 9 heteroatoms. The average molecular weight is 365 g/mol. The first-order chi connectivity index (χ1) is 11.5. The van der Waals surface area contributed by atoms with E-state index in [0.29, 0.717) is 9.90 Å². The van der Waals surface area contributed by atoms with E-state index < -0.39 is 11.8 Å². The molecule has 124 valence electrons. The molecule has 2 heterocycles. The van der Waals surface area contributed by atoms with Crippen molar-refractivity contribution in [2.75, 3.05) is 7.05 Å². The second-order valence-corrected chi connectivity index (χ2v) is 6.54. The fourth-order valence-corrected chi connectivity index (χ4v) is 3.65. The lowest BCUT2D eigenvalue weighted by Crippen LogP contribution is -2.46. The molecular formula is C15H13ClN4O3S. The van der Waals surface area contributed by atoms with E-state index in [9.17, 15) is 14.4 Å². The number of hydrogen-bond donors (Lipinski definition) is 2. The highest BCUT2D eigenvalue weighted by molar-refractivity contribution is 7.21. The topological polar surface area (TPSA) is 90.9 Å². The molecule has 2 N–H and O–H groups in total. The minimum Gasteiger partial charge on any atom is -0.273 e. The highest BCUT2D eigenvalue weighted by Crippen LogP contribution is 2.34. The third-order valence-corrected chi connectivity index (χ3v) is 5.17. The summed E-state index contributed by atoms with van der Waals surface area (Å²) in [7, 11) is 1.48. The maximum atomic E-state index is 12.2. The summed E-state index contributed by atoms with van der Waals surface area (Å²) in [5.74, 6) is -1.22. The Morgan fingerprint density at radius 2 is 1.92 bits per heavy atom. The van der Waals surface area contributed by atoms with E-state index in [0.717, 1.165) is 15.1 Å². The molecule has 2 aromatic rings. The molecule has 24 heavy (non-hydrogen) atoms. The predicted molar refractivity (Wildman–Crippen MR) is 91.9 cm³/mol. The second kappa shape index (κ2) is 6.58. The minimum atomic E-state index is -0.556. The smallest absolute Gasteiger partial charge is 0.273 e. The van der Waals surface area contributed by atoms with Crippen LogP contribution >= 0.6 is 22.9 Å². The van der Waals surface area contributed by atoms with Crippen molar-refractivity contribution in [3.63, 3.8) is 0 Å². The normalized spacial score (nSPS) is 14.5. The first-order valence-corrected chi connectivity index (χ1v) is 8.28. The molecule has 0 atom stereocenters. The number of nitrogens with zero attached hydrogens (tertiary/aromatic N) is 2. The molecule has 1 aromatic heterocycles. The van der Waals surface area contributed by atoms with Gasteiger partial charge < -0.3 is 0 Å². The third kappa shape index (κ3) is 3.10. The molecule has 0 spiro atoms. The van der Waals surface area contributed by atoms with Crippen molar-refractivity contribution in [1.82, 2.24) is 15.9 Å². The van der Waals surface area contributed by atoms with E-state index in [2.05, 4.69) is 16.0 Å². The Morgan fingerprint density at radius 3 is 2.62 bits per heavy atom. The van der Waals surface area contributed by atoms with Gasteiger partial charge in [-0.15, -0.1) is 11.3 Å². The van der Waals surface area contributed by atoms with E-state index in [1.807, 2.05) is 24.3 Å². The Hall–Kier alpha value is -2.45. The number of rotatable bonds is 2. The highest BCUT2D eigenvalue weighted by Gasteiger charge is 2.23. The number of hydrogen-bond acceptors (Lipinski definition) is 5. The number of hydrazone groups is 1. The van der Waals surface area contributed by atoms with Gasteiger partial charge in [0.1, 0.15) is 10.6 Å². The Labute approximate surface area is 146 Å². The van der Waals surface area contributed by atoms with Crippen LogP contribution in [0.3, 0.4) is 0 Å². The van der Waals surface area contributed by atoms with Gasteiger partial charge in [0.05, 0.1) is 5.02 Å². The average Bonchev–Trinajstić information content (AvgIpc) is 2.92. The molecule has 1 aliphatic rings. The van der Waals surface area contributed by atoms with Gasteiger partial charge >= 0.3 is 0 Å². The van der Waals surface area contributed by atoms with Crippen LogP contribution in [0.2, 0.25) is 5.02 Å². The SMILES string of the molecule is CN1N=C(C(=O)NNC(=O)c2sc3ccccc3c2Cl)CCC1=O. The van der Waals surface area contributed by atoms with Gasteiger partial charge in [0.15, 0.2) is 0 Å². The molecule has 3 rings (SSSR count). The predicted octanol–water partition coefficient (Wildman–Crippen LogP) is 1.92. The number of amides is 3. The van der Waals surface area contributed by atoms with Crippen molar-refractivity contribution >= 4 is 56.5 Å². The first-order valence-electron chi connectivity index (χ1n) is 7.09. The number of thiophene rings is 1. The van der Waals surface area contributed by atoms with E-state index in [4.69, 9.17) is 11.6 Å². The lowest BCUT2D eigenvalue weighted by molar-refractivity contribution is -0.130. The third-order valence-electron chi connectivity index (χ3n) is 3.50. The lowest BCUT2D eigenvalue weighted by Gasteiger charge is -2.18. The minimum absolute atomic E-state index is 0.160. The fraction of sp³-hybridized carbons (Fsp3) is 0.200. The molecule has 1 aromatic carbocycles. The number of halogens is 1. The van der Waals surface area contributed by atoms with Crippen molar-refractivity contribution in [3.8, 4) is 0 Å². The van der Waals surface area contributed by atoms with E-state index in [1.165, 1.54) is 18.4 Å². The number of benzene rings is 1. The summed E-state index contributed by atoms with van der Waals surface area (Å²) >= 11 is 7.46. The molecule has 0 fully saturated rings. The van der Waals surface area contributed by atoms with Crippen molar-refractivity contribution in [3.05, 3.63) is 34.2 Å². The largest absolute Gasteiger partial charge is 0.285 e. The molecule has 1 aliphatic heterocycles. The maximum absolute atomic E-state index is 12.2. The molecular weight excluding hydrogens is 352 g/mol. The van der Waals surface area contributed by atoms with Gasteiger partial charge in [-0.1, -0.05) is 29.8 Å². The van der Waals surface area contributed by atoms with Gasteiger partial charge in [-0.2, -0.15) is 5.10 Å². The molecule has 0 saturated heterocycles. The highest BCUT2D eigenvalue weighted by atomic mass is 35.5. The number of fused-ring (bicyclic) bond motifs is 1. The van der Waals surface area contributed by atoms with Crippen LogP contribution in [0, 0.1) is 0 Å². The molecule has 7 nitrogen and oxygen atoms in total. The van der Waals surface area contributed by atoms with Crippen LogP contribution in [0.5, 0.6) is 0 Å². The van der Waals surface area contributed by atoms with Crippen molar-refractivity contribution in [2.24, 2.45) is 5.10 Å². The van der Waals surface area contributed by atoms with Gasteiger partial charge in [-0.05, 0) is 6.07 Å². The number of nitrogens with one attached hydrogen (secondary N) is 2. The lowest BCUT2D eigenvalue weighted by atomic mass is 10.1. The number of hydrazine groups is 1. The zero-order chi connectivity index (χ0) is 17.3. The summed E-state index contributed by atoms with van der Waals surface area (Å²) in [5.41, 5.74) is 4.81. The quantitative estimate of drug-likeness (QED) is 0.797. The number of carbonyl (C=O) groups is 3. The Kier molecular flexibility index (Phi) is 4.50. The second-order valence-electron chi connectivity index (χ2n) is 5.11. The first kappa shape index (κ1) is 16.4. The summed E-state index contributed by atoms with van der Waals surface area (Å²) in [4.78, 5) is 35.9.